The fraction of sp³-hybridized carbons (Fsp3) is 0.444. The van der Waals surface area contributed by atoms with E-state index < -0.39 is 18.5 Å². The van der Waals surface area contributed by atoms with E-state index in [4.69, 9.17) is 19.5 Å². The summed E-state index contributed by atoms with van der Waals surface area (Å²) in [4.78, 5) is 35.2. The Morgan fingerprint density at radius 2 is 1.92 bits per heavy atom. The van der Waals surface area contributed by atoms with Crippen LogP contribution in [0.2, 0.25) is 0 Å². The van der Waals surface area contributed by atoms with E-state index in [1.807, 2.05) is 6.07 Å². The van der Waals surface area contributed by atoms with E-state index in [2.05, 4.69) is 5.32 Å². The fourth-order valence-electron chi connectivity index (χ4n) is 2.22. The SMILES string of the molecule is N#CCCNC(=O)COC(=O)CCC(=O)c1ccc2c(c1)OCCCO2. The highest BCUT2D eigenvalue weighted by atomic mass is 16.5. The Bertz CT molecular complexity index is 710. The van der Waals surface area contributed by atoms with Gasteiger partial charge in [0.05, 0.1) is 32.1 Å². The molecule has 8 heteroatoms. The number of hydrogen-bond donors (Lipinski definition) is 1. The number of nitriles is 1. The minimum Gasteiger partial charge on any atom is -0.490 e. The van der Waals surface area contributed by atoms with E-state index in [9.17, 15) is 14.4 Å². The van der Waals surface area contributed by atoms with Gasteiger partial charge in [-0.15, -0.1) is 0 Å². The predicted molar refractivity (Wildman–Crippen MR) is 89.8 cm³/mol. The zero-order valence-electron chi connectivity index (χ0n) is 14.3. The Labute approximate surface area is 151 Å². The predicted octanol–water partition coefficient (Wildman–Crippen LogP) is 1.38. The molecule has 1 aromatic rings. The number of fused-ring (bicyclic) bond motifs is 1. The summed E-state index contributed by atoms with van der Waals surface area (Å²) in [6.45, 7) is 0.863. The molecule has 0 unspecified atom stereocenters. The van der Waals surface area contributed by atoms with Gasteiger partial charge < -0.3 is 19.5 Å². The highest BCUT2D eigenvalue weighted by molar-refractivity contribution is 5.98. The van der Waals surface area contributed by atoms with Gasteiger partial charge in [-0.2, -0.15) is 5.26 Å². The largest absolute Gasteiger partial charge is 0.490 e. The molecule has 2 rings (SSSR count). The van der Waals surface area contributed by atoms with Crippen LogP contribution in [0.15, 0.2) is 18.2 Å². The van der Waals surface area contributed by atoms with Crippen molar-refractivity contribution in [1.82, 2.24) is 5.32 Å². The minimum absolute atomic E-state index is 0.0332. The van der Waals surface area contributed by atoms with Gasteiger partial charge in [0, 0.05) is 24.9 Å². The second-order valence-corrected chi connectivity index (χ2v) is 5.55. The molecule has 0 saturated carbocycles. The van der Waals surface area contributed by atoms with E-state index in [1.165, 1.54) is 0 Å². The third-order valence-electron chi connectivity index (χ3n) is 3.55. The molecule has 0 spiro atoms. The van der Waals surface area contributed by atoms with Crippen LogP contribution in [0.1, 0.15) is 36.0 Å². The van der Waals surface area contributed by atoms with Gasteiger partial charge in [-0.1, -0.05) is 0 Å². The lowest BCUT2D eigenvalue weighted by Crippen LogP contribution is -2.29. The number of esters is 1. The quantitative estimate of drug-likeness (QED) is 0.423. The molecular weight excluding hydrogens is 340 g/mol. The number of ether oxygens (including phenoxy) is 3. The van der Waals surface area contributed by atoms with E-state index in [-0.39, 0.29) is 31.6 Å². The number of carbonyl (C=O) groups excluding carboxylic acids is 3. The molecule has 8 nitrogen and oxygen atoms in total. The van der Waals surface area contributed by atoms with Gasteiger partial charge in [0.15, 0.2) is 23.9 Å². The Hall–Kier alpha value is -3.08. The van der Waals surface area contributed by atoms with Crippen LogP contribution in [0.5, 0.6) is 11.5 Å². The van der Waals surface area contributed by atoms with Crippen LogP contribution >= 0.6 is 0 Å². The monoisotopic (exact) mass is 360 g/mol. The lowest BCUT2D eigenvalue weighted by molar-refractivity contribution is -0.148. The minimum atomic E-state index is -0.636. The first-order valence-electron chi connectivity index (χ1n) is 8.32. The Morgan fingerprint density at radius 1 is 1.15 bits per heavy atom. The van der Waals surface area contributed by atoms with Crippen molar-refractivity contribution < 1.29 is 28.6 Å². The summed E-state index contributed by atoms with van der Waals surface area (Å²) in [5.74, 6) is -0.229. The first-order chi connectivity index (χ1) is 12.6. The van der Waals surface area contributed by atoms with Crippen molar-refractivity contribution in [3.05, 3.63) is 23.8 Å². The molecule has 1 aliphatic heterocycles. The molecule has 0 radical (unpaired) electrons. The van der Waals surface area contributed by atoms with Crippen LogP contribution in [-0.4, -0.2) is 44.0 Å². The molecule has 26 heavy (non-hydrogen) atoms. The lowest BCUT2D eigenvalue weighted by Gasteiger charge is -2.09. The maximum Gasteiger partial charge on any atom is 0.306 e. The maximum atomic E-state index is 12.2. The summed E-state index contributed by atoms with van der Waals surface area (Å²) in [5.41, 5.74) is 0.427. The second kappa shape index (κ2) is 10.0. The van der Waals surface area contributed by atoms with Crippen molar-refractivity contribution in [2.45, 2.75) is 25.7 Å². The number of carbonyl (C=O) groups is 3. The zero-order chi connectivity index (χ0) is 18.8. The molecule has 1 aliphatic rings. The van der Waals surface area contributed by atoms with Crippen molar-refractivity contribution in [2.24, 2.45) is 0 Å². The highest BCUT2D eigenvalue weighted by Crippen LogP contribution is 2.30. The van der Waals surface area contributed by atoms with E-state index >= 15 is 0 Å². The van der Waals surface area contributed by atoms with Crippen LogP contribution in [0, 0.1) is 11.3 Å². The van der Waals surface area contributed by atoms with Gasteiger partial charge in [0.2, 0.25) is 0 Å². The number of hydrogen-bond acceptors (Lipinski definition) is 7. The molecule has 0 aliphatic carbocycles. The van der Waals surface area contributed by atoms with Gasteiger partial charge in [0.25, 0.3) is 5.91 Å². The van der Waals surface area contributed by atoms with Gasteiger partial charge in [0.1, 0.15) is 0 Å². The molecule has 0 saturated heterocycles. The molecular formula is C18H20N2O6. The van der Waals surface area contributed by atoms with E-state index in [1.54, 1.807) is 18.2 Å². The Morgan fingerprint density at radius 3 is 2.69 bits per heavy atom. The zero-order valence-corrected chi connectivity index (χ0v) is 14.3. The van der Waals surface area contributed by atoms with Crippen LogP contribution < -0.4 is 14.8 Å². The maximum absolute atomic E-state index is 12.2. The van der Waals surface area contributed by atoms with E-state index in [0.717, 1.165) is 6.42 Å². The van der Waals surface area contributed by atoms with Gasteiger partial charge in [-0.3, -0.25) is 14.4 Å². The summed E-state index contributed by atoms with van der Waals surface area (Å²) in [7, 11) is 0. The third kappa shape index (κ3) is 6.09. The summed E-state index contributed by atoms with van der Waals surface area (Å²) < 4.78 is 15.8. The highest BCUT2D eigenvalue weighted by Gasteiger charge is 2.16. The van der Waals surface area contributed by atoms with Gasteiger partial charge in [-0.05, 0) is 18.2 Å². The van der Waals surface area contributed by atoms with Gasteiger partial charge in [-0.25, -0.2) is 0 Å². The number of benzene rings is 1. The summed E-state index contributed by atoms with van der Waals surface area (Å²) in [5, 5.41) is 10.8. The normalized spacial score (nSPS) is 12.4. The molecule has 138 valence electrons. The number of rotatable bonds is 8. The smallest absolute Gasteiger partial charge is 0.306 e. The molecule has 1 amide bonds. The van der Waals surface area contributed by atoms with Gasteiger partial charge >= 0.3 is 5.97 Å². The number of nitrogens with one attached hydrogen (secondary N) is 1. The summed E-state index contributed by atoms with van der Waals surface area (Å²) >= 11 is 0. The van der Waals surface area contributed by atoms with E-state index in [0.29, 0.717) is 30.3 Å². The van der Waals surface area contributed by atoms with Crippen LogP contribution in [-0.2, 0) is 14.3 Å². The molecule has 1 heterocycles. The molecule has 1 aromatic carbocycles. The van der Waals surface area contributed by atoms with Crippen LogP contribution in [0.4, 0.5) is 0 Å². The van der Waals surface area contributed by atoms with Crippen molar-refractivity contribution in [3.8, 4) is 17.6 Å². The third-order valence-corrected chi connectivity index (χ3v) is 3.55. The van der Waals surface area contributed by atoms with Crippen LogP contribution in [0.3, 0.4) is 0 Å². The van der Waals surface area contributed by atoms with Crippen molar-refractivity contribution in [1.29, 1.82) is 5.26 Å². The van der Waals surface area contributed by atoms with Crippen molar-refractivity contribution >= 4 is 17.7 Å². The molecule has 0 fully saturated rings. The average Bonchev–Trinajstić information content (AvgIpc) is 2.89. The second-order valence-electron chi connectivity index (χ2n) is 5.55. The molecule has 0 aromatic heterocycles. The lowest BCUT2D eigenvalue weighted by atomic mass is 10.1. The summed E-state index contributed by atoms with van der Waals surface area (Å²) in [6, 6.07) is 6.80. The van der Waals surface area contributed by atoms with Crippen molar-refractivity contribution in [3.63, 3.8) is 0 Å². The number of amides is 1. The standard InChI is InChI=1S/C18H20N2O6/c19-7-1-8-20-17(22)12-26-18(23)6-4-14(21)13-3-5-15-16(11-13)25-10-2-9-24-15/h3,5,11H,1-2,4,6,8-10,12H2,(H,20,22). The topological polar surface area (TPSA) is 115 Å². The molecule has 0 bridgehead atoms. The fourth-order valence-corrected chi connectivity index (χ4v) is 2.22. The Kier molecular flexibility index (Phi) is 7.43. The first kappa shape index (κ1) is 19.2. The van der Waals surface area contributed by atoms with Crippen molar-refractivity contribution in [2.75, 3.05) is 26.4 Å². The molecule has 0 atom stereocenters. The number of ketones is 1. The van der Waals surface area contributed by atoms with Crippen LogP contribution in [0.25, 0.3) is 0 Å². The molecule has 1 N–H and O–H groups in total. The number of Topliss-reactive ketones (excluding diaryl/α,β-unsaturated/α-hetero) is 1. The first-order valence-corrected chi connectivity index (χ1v) is 8.32. The summed E-state index contributed by atoms with van der Waals surface area (Å²) in [6.07, 6.45) is 0.797. The Balaban J connectivity index is 1.76. The average molecular weight is 360 g/mol. The number of nitrogens with zero attached hydrogens (tertiary/aromatic N) is 1.